The fourth-order valence-corrected chi connectivity index (χ4v) is 1.64. The Morgan fingerprint density at radius 3 is 2.65 bits per heavy atom. The Morgan fingerprint density at radius 2 is 2.06 bits per heavy atom. The molecule has 0 bridgehead atoms. The Kier molecular flexibility index (Phi) is 5.71. The van der Waals surface area contributed by atoms with Crippen molar-refractivity contribution >= 4 is 12.0 Å². The van der Waals surface area contributed by atoms with E-state index < -0.39 is 18.6 Å². The van der Waals surface area contributed by atoms with E-state index in [1.165, 1.54) is 17.7 Å². The van der Waals surface area contributed by atoms with Crippen LogP contribution in [0.15, 0.2) is 0 Å². The van der Waals surface area contributed by atoms with Gasteiger partial charge in [-0.2, -0.15) is 0 Å². The molecular weight excluding hydrogens is 226 g/mol. The largest absolute Gasteiger partial charge is 0.479 e. The number of carboxylic acids is 1. The summed E-state index contributed by atoms with van der Waals surface area (Å²) in [7, 11) is 1.65. The van der Waals surface area contributed by atoms with Gasteiger partial charge in [0, 0.05) is 20.1 Å². The van der Waals surface area contributed by atoms with Crippen LogP contribution in [0, 0.1) is 0 Å². The maximum atomic E-state index is 11.4. The summed E-state index contributed by atoms with van der Waals surface area (Å²) in [6.07, 6.45) is 2.44. The quantitative estimate of drug-likeness (QED) is 0.630. The van der Waals surface area contributed by atoms with Gasteiger partial charge in [0.2, 0.25) is 0 Å². The summed E-state index contributed by atoms with van der Waals surface area (Å²) in [4.78, 5) is 29.8. The summed E-state index contributed by atoms with van der Waals surface area (Å²) < 4.78 is 0. The van der Waals surface area contributed by atoms with Gasteiger partial charge in [-0.1, -0.05) is 0 Å². The standard InChI is InChI=1S/C10H19N3O4/c1-12(6-7-13-4-2-3-5-13)10(16)11-17-8-9(14)15/h2-8H2,1H3,(H,11,16)(H,14,15). The second-order valence-electron chi connectivity index (χ2n) is 4.06. The molecule has 0 radical (unpaired) electrons. The van der Waals surface area contributed by atoms with E-state index in [4.69, 9.17) is 5.11 Å². The van der Waals surface area contributed by atoms with Crippen LogP contribution >= 0.6 is 0 Å². The van der Waals surface area contributed by atoms with Crippen molar-refractivity contribution in [3.8, 4) is 0 Å². The van der Waals surface area contributed by atoms with Crippen LogP contribution in [0.1, 0.15) is 12.8 Å². The van der Waals surface area contributed by atoms with Gasteiger partial charge in [0.1, 0.15) is 0 Å². The highest BCUT2D eigenvalue weighted by Crippen LogP contribution is 2.06. The molecule has 0 atom stereocenters. The maximum Gasteiger partial charge on any atom is 0.341 e. The summed E-state index contributed by atoms with van der Waals surface area (Å²) in [5, 5.41) is 8.32. The van der Waals surface area contributed by atoms with Gasteiger partial charge >= 0.3 is 12.0 Å². The Hall–Kier alpha value is -1.34. The highest BCUT2D eigenvalue weighted by atomic mass is 16.7. The van der Waals surface area contributed by atoms with Crippen LogP contribution in [0.5, 0.6) is 0 Å². The van der Waals surface area contributed by atoms with E-state index in [2.05, 4.69) is 15.2 Å². The number of aliphatic carboxylic acids is 1. The number of hydrogen-bond acceptors (Lipinski definition) is 4. The van der Waals surface area contributed by atoms with Gasteiger partial charge in [0.05, 0.1) is 0 Å². The van der Waals surface area contributed by atoms with Crippen molar-refractivity contribution in [2.45, 2.75) is 12.8 Å². The highest BCUT2D eigenvalue weighted by molar-refractivity contribution is 5.73. The second-order valence-corrected chi connectivity index (χ2v) is 4.06. The molecular formula is C10H19N3O4. The molecule has 1 saturated heterocycles. The van der Waals surface area contributed by atoms with E-state index in [0.717, 1.165) is 19.6 Å². The lowest BCUT2D eigenvalue weighted by atomic mass is 10.4. The number of carbonyl (C=O) groups is 2. The molecule has 7 heteroatoms. The van der Waals surface area contributed by atoms with Gasteiger partial charge in [-0.05, 0) is 25.9 Å². The number of nitrogens with one attached hydrogen (secondary N) is 1. The Balaban J connectivity index is 2.10. The molecule has 1 aliphatic rings. The first-order valence-corrected chi connectivity index (χ1v) is 5.66. The van der Waals surface area contributed by atoms with Crippen molar-refractivity contribution in [2.75, 3.05) is 39.8 Å². The first kappa shape index (κ1) is 13.7. The number of amides is 2. The Labute approximate surface area is 100 Å². The zero-order chi connectivity index (χ0) is 12.7. The van der Waals surface area contributed by atoms with Crippen LogP contribution in [-0.4, -0.2) is 66.7 Å². The predicted molar refractivity (Wildman–Crippen MR) is 60.4 cm³/mol. The van der Waals surface area contributed by atoms with Crippen LogP contribution in [-0.2, 0) is 9.63 Å². The average molecular weight is 245 g/mol. The highest BCUT2D eigenvalue weighted by Gasteiger charge is 2.14. The fraction of sp³-hybridized carbons (Fsp3) is 0.800. The lowest BCUT2D eigenvalue weighted by molar-refractivity contribution is -0.144. The van der Waals surface area contributed by atoms with Crippen LogP contribution in [0.4, 0.5) is 4.79 Å². The van der Waals surface area contributed by atoms with Crippen molar-refractivity contribution in [3.63, 3.8) is 0 Å². The van der Waals surface area contributed by atoms with E-state index in [0.29, 0.717) is 6.54 Å². The number of nitrogens with zero attached hydrogens (tertiary/aromatic N) is 2. The molecule has 0 aromatic heterocycles. The molecule has 0 aliphatic carbocycles. The van der Waals surface area contributed by atoms with Gasteiger partial charge in [0.25, 0.3) is 0 Å². The van der Waals surface area contributed by atoms with Gasteiger partial charge in [0.15, 0.2) is 6.61 Å². The number of carboxylic acid groups (broad SMARTS) is 1. The first-order chi connectivity index (χ1) is 8.09. The van der Waals surface area contributed by atoms with Crippen molar-refractivity contribution in [3.05, 3.63) is 0 Å². The van der Waals surface area contributed by atoms with E-state index >= 15 is 0 Å². The average Bonchev–Trinajstić information content (AvgIpc) is 2.78. The number of likely N-dealkylation sites (N-methyl/N-ethyl adjacent to an activating group) is 1. The van der Waals surface area contributed by atoms with Gasteiger partial charge in [-0.15, -0.1) is 0 Å². The van der Waals surface area contributed by atoms with E-state index in [1.54, 1.807) is 7.05 Å². The van der Waals surface area contributed by atoms with Crippen molar-refractivity contribution in [1.82, 2.24) is 15.3 Å². The molecule has 1 rings (SSSR count). The zero-order valence-corrected chi connectivity index (χ0v) is 10.0. The van der Waals surface area contributed by atoms with E-state index in [-0.39, 0.29) is 0 Å². The normalized spacial score (nSPS) is 15.8. The first-order valence-electron chi connectivity index (χ1n) is 5.66. The fourth-order valence-electron chi connectivity index (χ4n) is 1.64. The summed E-state index contributed by atoms with van der Waals surface area (Å²) in [6, 6.07) is -0.426. The van der Waals surface area contributed by atoms with Gasteiger partial charge < -0.3 is 14.9 Å². The van der Waals surface area contributed by atoms with Crippen molar-refractivity contribution in [2.24, 2.45) is 0 Å². The van der Waals surface area contributed by atoms with Gasteiger partial charge in [-0.25, -0.2) is 15.1 Å². The van der Waals surface area contributed by atoms with E-state index in [1.807, 2.05) is 0 Å². The van der Waals surface area contributed by atoms with Crippen LogP contribution in [0.3, 0.4) is 0 Å². The lowest BCUT2D eigenvalue weighted by Gasteiger charge is -2.21. The Bertz CT molecular complexity index is 266. The Morgan fingerprint density at radius 1 is 1.41 bits per heavy atom. The topological polar surface area (TPSA) is 82.1 Å². The summed E-state index contributed by atoms with van der Waals surface area (Å²) in [5.41, 5.74) is 2.08. The molecule has 1 heterocycles. The molecule has 2 amide bonds. The molecule has 98 valence electrons. The van der Waals surface area contributed by atoms with E-state index in [9.17, 15) is 9.59 Å². The smallest absolute Gasteiger partial charge is 0.341 e. The molecule has 1 aliphatic heterocycles. The maximum absolute atomic E-state index is 11.4. The lowest BCUT2D eigenvalue weighted by Crippen LogP contribution is -2.41. The second kappa shape index (κ2) is 7.08. The minimum Gasteiger partial charge on any atom is -0.479 e. The molecule has 0 aromatic carbocycles. The molecule has 0 unspecified atom stereocenters. The van der Waals surface area contributed by atoms with Crippen molar-refractivity contribution in [1.29, 1.82) is 0 Å². The van der Waals surface area contributed by atoms with Crippen LogP contribution < -0.4 is 5.48 Å². The third-order valence-electron chi connectivity index (χ3n) is 2.65. The van der Waals surface area contributed by atoms with Crippen molar-refractivity contribution < 1.29 is 19.5 Å². The third kappa shape index (κ3) is 5.50. The molecule has 2 N–H and O–H groups in total. The minimum atomic E-state index is -1.12. The SMILES string of the molecule is CN(CCN1CCCC1)C(=O)NOCC(=O)O. The molecule has 0 saturated carbocycles. The monoisotopic (exact) mass is 245 g/mol. The summed E-state index contributed by atoms with van der Waals surface area (Å²) >= 11 is 0. The third-order valence-corrected chi connectivity index (χ3v) is 2.65. The summed E-state index contributed by atoms with van der Waals surface area (Å²) in [5.74, 6) is -1.12. The number of hydroxylamine groups is 1. The van der Waals surface area contributed by atoms with Gasteiger partial charge in [-0.3, -0.25) is 4.84 Å². The minimum absolute atomic E-state index is 0.426. The molecule has 0 aromatic rings. The predicted octanol–water partition coefficient (Wildman–Crippen LogP) is -0.260. The van der Waals surface area contributed by atoms with Crippen LogP contribution in [0.25, 0.3) is 0 Å². The molecule has 1 fully saturated rings. The number of carbonyl (C=O) groups excluding carboxylic acids is 1. The number of urea groups is 1. The summed E-state index contributed by atoms with van der Waals surface area (Å²) in [6.45, 7) is 3.08. The molecule has 17 heavy (non-hydrogen) atoms. The molecule has 7 nitrogen and oxygen atoms in total. The zero-order valence-electron chi connectivity index (χ0n) is 10.0. The van der Waals surface area contributed by atoms with Crippen LogP contribution in [0.2, 0.25) is 0 Å². The number of hydrogen-bond donors (Lipinski definition) is 2. The number of rotatable bonds is 6. The molecule has 0 spiro atoms. The number of likely N-dealkylation sites (tertiary alicyclic amines) is 1.